The maximum absolute atomic E-state index is 13.2. The van der Waals surface area contributed by atoms with E-state index in [-0.39, 0.29) is 10.8 Å². The first-order valence-electron chi connectivity index (χ1n) is 3.90. The van der Waals surface area contributed by atoms with E-state index in [9.17, 15) is 14.5 Å². The van der Waals surface area contributed by atoms with Gasteiger partial charge in [0.25, 0.3) is 5.69 Å². The standard InChI is InChI=1S/C8H5FN4O2S/c9-5-2-6(12-8(11)16)7(13(14)15)1-4(5)3-10/h1-2H,(H3,11,12,16). The fourth-order valence-corrected chi connectivity index (χ4v) is 1.14. The van der Waals surface area contributed by atoms with Crippen molar-refractivity contribution in [3.63, 3.8) is 0 Å². The van der Waals surface area contributed by atoms with Gasteiger partial charge in [-0.05, 0) is 12.2 Å². The second kappa shape index (κ2) is 4.50. The molecule has 0 heterocycles. The van der Waals surface area contributed by atoms with Crippen molar-refractivity contribution in [3.05, 3.63) is 33.6 Å². The van der Waals surface area contributed by atoms with Gasteiger partial charge in [-0.3, -0.25) is 10.1 Å². The van der Waals surface area contributed by atoms with E-state index in [2.05, 4.69) is 17.5 Å². The molecule has 0 fully saturated rings. The lowest BCUT2D eigenvalue weighted by atomic mass is 10.1. The summed E-state index contributed by atoms with van der Waals surface area (Å²) in [5.74, 6) is -0.883. The zero-order chi connectivity index (χ0) is 12.3. The van der Waals surface area contributed by atoms with Gasteiger partial charge in [0.2, 0.25) is 0 Å². The molecule has 0 spiro atoms. The molecule has 82 valence electrons. The topological polar surface area (TPSA) is 105 Å². The molecule has 6 nitrogen and oxygen atoms in total. The number of thiocarbonyl (C=S) groups is 1. The molecule has 0 bridgehead atoms. The summed E-state index contributed by atoms with van der Waals surface area (Å²) < 4.78 is 13.2. The van der Waals surface area contributed by atoms with Crippen LogP contribution in [0.1, 0.15) is 5.56 Å². The van der Waals surface area contributed by atoms with E-state index >= 15 is 0 Å². The second-order valence-corrected chi connectivity index (χ2v) is 3.15. The maximum atomic E-state index is 13.2. The molecule has 3 N–H and O–H groups in total. The molecule has 0 saturated heterocycles. The number of halogens is 1. The van der Waals surface area contributed by atoms with E-state index in [1.165, 1.54) is 6.07 Å². The lowest BCUT2D eigenvalue weighted by molar-refractivity contribution is -0.384. The van der Waals surface area contributed by atoms with Crippen LogP contribution in [0.25, 0.3) is 0 Å². The van der Waals surface area contributed by atoms with Gasteiger partial charge in [0.15, 0.2) is 5.11 Å². The first-order valence-corrected chi connectivity index (χ1v) is 4.31. The van der Waals surface area contributed by atoms with Crippen LogP contribution >= 0.6 is 12.2 Å². The molecule has 0 amide bonds. The minimum atomic E-state index is -0.883. The molecule has 0 aliphatic rings. The zero-order valence-corrected chi connectivity index (χ0v) is 8.55. The van der Waals surface area contributed by atoms with Gasteiger partial charge in [0.05, 0.1) is 10.5 Å². The van der Waals surface area contributed by atoms with Crippen LogP contribution in [0, 0.1) is 27.3 Å². The molecule has 16 heavy (non-hydrogen) atoms. The Morgan fingerprint density at radius 1 is 1.69 bits per heavy atom. The Balaban J connectivity index is 3.37. The van der Waals surface area contributed by atoms with Crippen LogP contribution in [0.15, 0.2) is 12.1 Å². The van der Waals surface area contributed by atoms with Crippen molar-refractivity contribution >= 4 is 28.7 Å². The molecule has 0 saturated carbocycles. The minimum absolute atomic E-state index is 0.186. The Labute approximate surface area is 94.6 Å². The van der Waals surface area contributed by atoms with Crippen molar-refractivity contribution in [1.82, 2.24) is 0 Å². The second-order valence-electron chi connectivity index (χ2n) is 2.71. The number of nitriles is 1. The molecular formula is C8H5FN4O2S. The Hall–Kier alpha value is -2.27. The van der Waals surface area contributed by atoms with E-state index in [4.69, 9.17) is 11.0 Å². The number of nitrogens with one attached hydrogen (secondary N) is 1. The molecule has 8 heteroatoms. The number of benzene rings is 1. The van der Waals surface area contributed by atoms with Crippen molar-refractivity contribution in [3.8, 4) is 6.07 Å². The quantitative estimate of drug-likeness (QED) is 0.458. The first kappa shape index (κ1) is 11.8. The molecule has 0 radical (unpaired) electrons. The van der Waals surface area contributed by atoms with Crippen molar-refractivity contribution in [2.75, 3.05) is 5.32 Å². The Morgan fingerprint density at radius 3 is 2.75 bits per heavy atom. The summed E-state index contributed by atoms with van der Waals surface area (Å²) in [4.78, 5) is 9.87. The third-order valence-corrected chi connectivity index (χ3v) is 1.76. The molecule has 1 aromatic carbocycles. The summed E-state index contributed by atoms with van der Waals surface area (Å²) in [5, 5.41) is 21.2. The predicted molar refractivity (Wildman–Crippen MR) is 58.2 cm³/mol. The summed E-state index contributed by atoms with van der Waals surface area (Å²) >= 11 is 4.48. The summed E-state index contributed by atoms with van der Waals surface area (Å²) in [6.45, 7) is 0. The number of nitro groups is 1. The monoisotopic (exact) mass is 240 g/mol. The number of anilines is 1. The minimum Gasteiger partial charge on any atom is -0.376 e. The van der Waals surface area contributed by atoms with E-state index in [0.29, 0.717) is 0 Å². The highest BCUT2D eigenvalue weighted by molar-refractivity contribution is 7.80. The lowest BCUT2D eigenvalue weighted by Crippen LogP contribution is -2.19. The first-order chi connectivity index (χ1) is 7.45. The highest BCUT2D eigenvalue weighted by atomic mass is 32.1. The number of rotatable bonds is 2. The highest BCUT2D eigenvalue weighted by Crippen LogP contribution is 2.27. The van der Waals surface area contributed by atoms with Crippen LogP contribution in [0.5, 0.6) is 0 Å². The van der Waals surface area contributed by atoms with E-state index in [1.807, 2.05) is 0 Å². The average molecular weight is 240 g/mol. The Bertz CT molecular complexity index is 511. The van der Waals surface area contributed by atoms with Gasteiger partial charge in [0.1, 0.15) is 17.6 Å². The van der Waals surface area contributed by atoms with Gasteiger partial charge in [-0.2, -0.15) is 5.26 Å². The van der Waals surface area contributed by atoms with E-state index < -0.39 is 22.0 Å². The fourth-order valence-electron chi connectivity index (χ4n) is 1.03. The number of hydrogen-bond acceptors (Lipinski definition) is 4. The molecule has 1 aromatic rings. The van der Waals surface area contributed by atoms with Crippen LogP contribution in [0.2, 0.25) is 0 Å². The lowest BCUT2D eigenvalue weighted by Gasteiger charge is -2.05. The van der Waals surface area contributed by atoms with Crippen LogP contribution in [0.3, 0.4) is 0 Å². The number of nitro benzene ring substituents is 1. The average Bonchev–Trinajstić information content (AvgIpc) is 2.16. The maximum Gasteiger partial charge on any atom is 0.294 e. The fraction of sp³-hybridized carbons (Fsp3) is 0. The van der Waals surface area contributed by atoms with E-state index in [1.54, 1.807) is 0 Å². The molecular weight excluding hydrogens is 235 g/mol. The van der Waals surface area contributed by atoms with Crippen molar-refractivity contribution < 1.29 is 9.31 Å². The van der Waals surface area contributed by atoms with Crippen molar-refractivity contribution in [2.24, 2.45) is 5.73 Å². The van der Waals surface area contributed by atoms with Crippen LogP contribution in [0.4, 0.5) is 15.8 Å². The third-order valence-electron chi connectivity index (χ3n) is 1.66. The van der Waals surface area contributed by atoms with Gasteiger partial charge >= 0.3 is 0 Å². The number of nitrogens with two attached hydrogens (primary N) is 1. The largest absolute Gasteiger partial charge is 0.376 e. The van der Waals surface area contributed by atoms with Gasteiger partial charge in [-0.1, -0.05) is 0 Å². The van der Waals surface area contributed by atoms with Crippen LogP contribution in [-0.4, -0.2) is 10.0 Å². The Morgan fingerprint density at radius 2 is 2.31 bits per heavy atom. The Kier molecular flexibility index (Phi) is 3.32. The molecule has 1 rings (SSSR count). The summed E-state index contributed by atoms with van der Waals surface area (Å²) in [5.41, 5.74) is 4.05. The van der Waals surface area contributed by atoms with Crippen LogP contribution < -0.4 is 11.1 Å². The SMILES string of the molecule is N#Cc1cc([N+](=O)[O-])c(NC(N)=S)cc1F. The van der Waals surface area contributed by atoms with Crippen molar-refractivity contribution in [2.45, 2.75) is 0 Å². The summed E-state index contributed by atoms with van der Waals surface area (Å²) in [6.07, 6.45) is 0. The summed E-state index contributed by atoms with van der Waals surface area (Å²) in [6, 6.07) is 3.12. The highest BCUT2D eigenvalue weighted by Gasteiger charge is 2.18. The molecule has 0 aliphatic heterocycles. The van der Waals surface area contributed by atoms with Crippen LogP contribution in [-0.2, 0) is 0 Å². The number of hydrogen-bond donors (Lipinski definition) is 2. The zero-order valence-electron chi connectivity index (χ0n) is 7.73. The molecule has 0 aromatic heterocycles. The summed E-state index contributed by atoms with van der Waals surface area (Å²) in [7, 11) is 0. The molecule has 0 atom stereocenters. The van der Waals surface area contributed by atoms with Crippen molar-refractivity contribution in [1.29, 1.82) is 5.26 Å². The van der Waals surface area contributed by atoms with Gasteiger partial charge in [-0.25, -0.2) is 4.39 Å². The smallest absolute Gasteiger partial charge is 0.294 e. The van der Waals surface area contributed by atoms with E-state index in [0.717, 1.165) is 12.1 Å². The molecule has 0 unspecified atom stereocenters. The third kappa shape index (κ3) is 2.40. The van der Waals surface area contributed by atoms with Gasteiger partial charge in [-0.15, -0.1) is 0 Å². The predicted octanol–water partition coefficient (Wildman–Crippen LogP) is 1.26. The normalized spacial score (nSPS) is 9.25. The van der Waals surface area contributed by atoms with Gasteiger partial charge in [0, 0.05) is 12.1 Å². The van der Waals surface area contributed by atoms with Gasteiger partial charge < -0.3 is 11.1 Å². The molecule has 0 aliphatic carbocycles. The number of nitrogens with zero attached hydrogens (tertiary/aromatic N) is 2.